The monoisotopic (exact) mass is 271 g/mol. The number of aliphatic hydroxyl groups is 1. The van der Waals surface area contributed by atoms with E-state index in [9.17, 15) is 0 Å². The molecule has 5 heteroatoms. The second-order valence-corrected chi connectivity index (χ2v) is 4.78. The van der Waals surface area contributed by atoms with Gasteiger partial charge < -0.3 is 10.4 Å². The highest BCUT2D eigenvalue weighted by atomic mass is 35.5. The van der Waals surface area contributed by atoms with Gasteiger partial charge in [-0.15, -0.1) is 0 Å². The molecule has 1 aromatic rings. The number of nitrogens with one attached hydrogen (secondary N) is 1. The number of aryl methyl sites for hydroxylation is 1. The Morgan fingerprint density at radius 3 is 2.61 bits per heavy atom. The third kappa shape index (κ3) is 4.10. The minimum atomic E-state index is 0.226. The molecule has 1 unspecified atom stereocenters. The van der Waals surface area contributed by atoms with E-state index in [1.165, 1.54) is 0 Å². The van der Waals surface area contributed by atoms with E-state index in [1.54, 1.807) is 0 Å². The van der Waals surface area contributed by atoms with Crippen LogP contribution in [0.25, 0.3) is 0 Å². The summed E-state index contributed by atoms with van der Waals surface area (Å²) in [6.07, 6.45) is 2.61. The lowest BCUT2D eigenvalue weighted by atomic mass is 10.0. The second-order valence-electron chi connectivity index (χ2n) is 4.43. The SMILES string of the molecule is CCc1nc(Cl)c(C)c(NCC(CC)CCO)n1. The lowest BCUT2D eigenvalue weighted by Crippen LogP contribution is -2.17. The van der Waals surface area contributed by atoms with Gasteiger partial charge in [0.1, 0.15) is 16.8 Å². The van der Waals surface area contributed by atoms with Gasteiger partial charge in [0.15, 0.2) is 0 Å². The quantitative estimate of drug-likeness (QED) is 0.749. The van der Waals surface area contributed by atoms with Crippen LogP contribution < -0.4 is 5.32 Å². The number of hydrogen-bond donors (Lipinski definition) is 2. The van der Waals surface area contributed by atoms with E-state index in [4.69, 9.17) is 16.7 Å². The molecule has 0 fully saturated rings. The lowest BCUT2D eigenvalue weighted by Gasteiger charge is -2.16. The maximum Gasteiger partial charge on any atom is 0.137 e. The van der Waals surface area contributed by atoms with E-state index in [-0.39, 0.29) is 6.61 Å². The van der Waals surface area contributed by atoms with E-state index in [0.29, 0.717) is 11.1 Å². The molecule has 0 amide bonds. The van der Waals surface area contributed by atoms with Crippen molar-refractivity contribution >= 4 is 17.4 Å². The van der Waals surface area contributed by atoms with E-state index >= 15 is 0 Å². The summed E-state index contributed by atoms with van der Waals surface area (Å²) in [5.74, 6) is 2.01. The van der Waals surface area contributed by atoms with Gasteiger partial charge in [-0.25, -0.2) is 9.97 Å². The third-order valence-corrected chi connectivity index (χ3v) is 3.49. The molecule has 1 rings (SSSR count). The third-order valence-electron chi connectivity index (χ3n) is 3.12. The van der Waals surface area contributed by atoms with Crippen molar-refractivity contribution < 1.29 is 5.11 Å². The molecule has 0 spiro atoms. The lowest BCUT2D eigenvalue weighted by molar-refractivity contribution is 0.258. The van der Waals surface area contributed by atoms with E-state index < -0.39 is 0 Å². The van der Waals surface area contributed by atoms with Crippen LogP contribution >= 0.6 is 11.6 Å². The summed E-state index contributed by atoms with van der Waals surface area (Å²) >= 11 is 6.08. The highest BCUT2D eigenvalue weighted by Crippen LogP contribution is 2.21. The molecule has 1 atom stereocenters. The molecule has 2 N–H and O–H groups in total. The van der Waals surface area contributed by atoms with Crippen LogP contribution in [0.4, 0.5) is 5.82 Å². The molecule has 0 aliphatic rings. The summed E-state index contributed by atoms with van der Waals surface area (Å²) in [5.41, 5.74) is 0.882. The van der Waals surface area contributed by atoms with E-state index in [0.717, 1.165) is 43.0 Å². The molecule has 0 saturated heterocycles. The molecule has 4 nitrogen and oxygen atoms in total. The van der Waals surface area contributed by atoms with Crippen molar-refractivity contribution in [3.63, 3.8) is 0 Å². The van der Waals surface area contributed by atoms with Crippen LogP contribution in [-0.4, -0.2) is 28.2 Å². The fraction of sp³-hybridized carbons (Fsp3) is 0.692. The predicted octanol–water partition coefficient (Wildman–Crippen LogP) is 2.82. The van der Waals surface area contributed by atoms with E-state index in [2.05, 4.69) is 22.2 Å². The number of aromatic nitrogens is 2. The molecule has 18 heavy (non-hydrogen) atoms. The molecule has 0 saturated carbocycles. The first-order chi connectivity index (χ1) is 8.62. The van der Waals surface area contributed by atoms with Crippen molar-refractivity contribution in [1.29, 1.82) is 0 Å². The van der Waals surface area contributed by atoms with Crippen LogP contribution in [0.15, 0.2) is 0 Å². The molecular formula is C13H22ClN3O. The zero-order valence-corrected chi connectivity index (χ0v) is 12.1. The minimum absolute atomic E-state index is 0.226. The van der Waals surface area contributed by atoms with Gasteiger partial charge in [0.25, 0.3) is 0 Å². The summed E-state index contributed by atoms with van der Waals surface area (Å²) in [6.45, 7) is 7.07. The maximum absolute atomic E-state index is 8.97. The Morgan fingerprint density at radius 1 is 1.33 bits per heavy atom. The van der Waals surface area contributed by atoms with Crippen molar-refractivity contribution in [2.75, 3.05) is 18.5 Å². The molecule has 1 aromatic heterocycles. The molecule has 1 heterocycles. The minimum Gasteiger partial charge on any atom is -0.396 e. The summed E-state index contributed by atoms with van der Waals surface area (Å²) in [5, 5.41) is 12.8. The number of anilines is 1. The Bertz CT molecular complexity index is 385. The van der Waals surface area contributed by atoms with Gasteiger partial charge in [-0.05, 0) is 19.3 Å². The predicted molar refractivity (Wildman–Crippen MR) is 75.1 cm³/mol. The molecule has 0 bridgehead atoms. The average Bonchev–Trinajstić information content (AvgIpc) is 2.38. The average molecular weight is 272 g/mol. The Hall–Kier alpha value is -0.870. The zero-order valence-electron chi connectivity index (χ0n) is 11.3. The topological polar surface area (TPSA) is 58.0 Å². The largest absolute Gasteiger partial charge is 0.396 e. The zero-order chi connectivity index (χ0) is 13.5. The van der Waals surface area contributed by atoms with Crippen molar-refractivity contribution in [2.24, 2.45) is 5.92 Å². The van der Waals surface area contributed by atoms with Gasteiger partial charge in [0.05, 0.1) is 0 Å². The number of nitrogens with zero attached hydrogens (tertiary/aromatic N) is 2. The maximum atomic E-state index is 8.97. The smallest absolute Gasteiger partial charge is 0.137 e. The first-order valence-electron chi connectivity index (χ1n) is 6.50. The summed E-state index contributed by atoms with van der Waals surface area (Å²) in [4.78, 5) is 8.66. The van der Waals surface area contributed by atoms with Gasteiger partial charge in [0.2, 0.25) is 0 Å². The second kappa shape index (κ2) is 7.54. The highest BCUT2D eigenvalue weighted by Gasteiger charge is 2.10. The molecule has 0 aliphatic heterocycles. The van der Waals surface area contributed by atoms with E-state index in [1.807, 2.05) is 13.8 Å². The van der Waals surface area contributed by atoms with Crippen LogP contribution in [0.2, 0.25) is 5.15 Å². The van der Waals surface area contributed by atoms with Gasteiger partial charge in [-0.2, -0.15) is 0 Å². The summed E-state index contributed by atoms with van der Waals surface area (Å²) in [6, 6.07) is 0. The molecule has 0 aliphatic carbocycles. The van der Waals surface area contributed by atoms with Crippen LogP contribution in [0.3, 0.4) is 0 Å². The number of halogens is 1. The van der Waals surface area contributed by atoms with Crippen LogP contribution in [0.1, 0.15) is 38.1 Å². The number of rotatable bonds is 7. The molecule has 102 valence electrons. The van der Waals surface area contributed by atoms with Gasteiger partial charge in [-0.3, -0.25) is 0 Å². The molecular weight excluding hydrogens is 250 g/mol. The normalized spacial score (nSPS) is 12.5. The summed E-state index contributed by atoms with van der Waals surface area (Å²) in [7, 11) is 0. The Kier molecular flexibility index (Phi) is 6.36. The van der Waals surface area contributed by atoms with Gasteiger partial charge in [0, 0.05) is 25.1 Å². The first kappa shape index (κ1) is 15.2. The number of hydrogen-bond acceptors (Lipinski definition) is 4. The van der Waals surface area contributed by atoms with Crippen LogP contribution in [-0.2, 0) is 6.42 Å². The van der Waals surface area contributed by atoms with Crippen LogP contribution in [0, 0.1) is 12.8 Å². The number of aliphatic hydroxyl groups excluding tert-OH is 1. The molecule has 0 aromatic carbocycles. The summed E-state index contributed by atoms with van der Waals surface area (Å²) < 4.78 is 0. The van der Waals surface area contributed by atoms with Gasteiger partial charge >= 0.3 is 0 Å². The molecule has 0 radical (unpaired) electrons. The Morgan fingerprint density at radius 2 is 2.06 bits per heavy atom. The van der Waals surface area contributed by atoms with Crippen molar-refractivity contribution in [1.82, 2.24) is 9.97 Å². The first-order valence-corrected chi connectivity index (χ1v) is 6.87. The fourth-order valence-corrected chi connectivity index (χ4v) is 1.92. The van der Waals surface area contributed by atoms with Crippen LogP contribution in [0.5, 0.6) is 0 Å². The standard InChI is InChI=1S/C13H22ClN3O/c1-4-10(6-7-18)8-15-13-9(3)12(14)16-11(5-2)17-13/h10,18H,4-8H2,1-3H3,(H,15,16,17). The van der Waals surface area contributed by atoms with Crippen molar-refractivity contribution in [3.8, 4) is 0 Å². The van der Waals surface area contributed by atoms with Gasteiger partial charge in [-0.1, -0.05) is 31.9 Å². The van der Waals surface area contributed by atoms with Crippen molar-refractivity contribution in [3.05, 3.63) is 16.5 Å². The Balaban J connectivity index is 2.74. The van der Waals surface area contributed by atoms with Crippen molar-refractivity contribution in [2.45, 2.75) is 40.0 Å². The fourth-order valence-electron chi connectivity index (χ4n) is 1.74. The highest BCUT2D eigenvalue weighted by molar-refractivity contribution is 6.30. The Labute approximate surface area is 114 Å².